The summed E-state index contributed by atoms with van der Waals surface area (Å²) in [6, 6.07) is 0. The van der Waals surface area contributed by atoms with Gasteiger partial charge in [0.25, 0.3) is 0 Å². The van der Waals surface area contributed by atoms with Crippen molar-refractivity contribution >= 4 is 33.3 Å². The van der Waals surface area contributed by atoms with Gasteiger partial charge in [0.1, 0.15) is 12.7 Å². The van der Waals surface area contributed by atoms with Crippen molar-refractivity contribution in [3.05, 3.63) is 12.7 Å². The van der Waals surface area contributed by atoms with E-state index >= 15 is 0 Å². The number of rotatable bonds is 5. The van der Waals surface area contributed by atoms with Crippen LogP contribution in [-0.2, 0) is 0 Å². The highest BCUT2D eigenvalue weighted by Gasteiger charge is 2.17. The minimum Gasteiger partial charge on any atom is -0.369 e. The number of hydrogen-bond donors (Lipinski definition) is 4. The first-order valence-electron chi connectivity index (χ1n) is 4.18. The first-order valence-corrected chi connectivity index (χ1v) is 5.73. The third-order valence-corrected chi connectivity index (χ3v) is 2.76. The monoisotopic (exact) mass is 260 g/mol. The molecule has 2 aromatic heterocycles. The molecule has 0 aromatic carbocycles. The SMILES string of the molecule is OC(Nc1ncns1)C(O)Nc1ncns1. The summed E-state index contributed by atoms with van der Waals surface area (Å²) in [6.45, 7) is 0. The molecule has 4 N–H and O–H groups in total. The van der Waals surface area contributed by atoms with E-state index in [0.717, 1.165) is 23.1 Å². The zero-order chi connectivity index (χ0) is 11.4. The second-order valence-electron chi connectivity index (χ2n) is 2.67. The molecule has 2 rings (SSSR count). The highest BCUT2D eigenvalue weighted by molar-refractivity contribution is 7.09. The molecule has 10 heteroatoms. The molecule has 0 radical (unpaired) electrons. The van der Waals surface area contributed by atoms with E-state index in [9.17, 15) is 10.2 Å². The standard InChI is InChI=1S/C6H8N6O2S2/c13-3(11-5-7-1-9-15-5)4(14)12-6-8-2-10-16-6/h1-4,13-14H,(H,7,9,11)(H,8,10,12). The molecule has 0 aliphatic rings. The van der Waals surface area contributed by atoms with Gasteiger partial charge in [0.15, 0.2) is 12.5 Å². The summed E-state index contributed by atoms with van der Waals surface area (Å²) in [5, 5.41) is 25.1. The Bertz CT molecular complexity index is 366. The van der Waals surface area contributed by atoms with Crippen molar-refractivity contribution < 1.29 is 10.2 Å². The Morgan fingerprint density at radius 2 is 1.38 bits per heavy atom. The van der Waals surface area contributed by atoms with Gasteiger partial charge in [-0.25, -0.2) is 9.97 Å². The summed E-state index contributed by atoms with van der Waals surface area (Å²) in [4.78, 5) is 7.62. The van der Waals surface area contributed by atoms with Gasteiger partial charge in [0, 0.05) is 23.1 Å². The van der Waals surface area contributed by atoms with Gasteiger partial charge >= 0.3 is 0 Å². The van der Waals surface area contributed by atoms with Gasteiger partial charge in [-0.05, 0) is 0 Å². The number of anilines is 2. The summed E-state index contributed by atoms with van der Waals surface area (Å²) in [7, 11) is 0. The van der Waals surface area contributed by atoms with Crippen molar-refractivity contribution in [2.45, 2.75) is 12.5 Å². The molecule has 0 saturated carbocycles. The molecule has 8 nitrogen and oxygen atoms in total. The average Bonchev–Trinajstić information content (AvgIpc) is 2.90. The van der Waals surface area contributed by atoms with Crippen LogP contribution in [0.15, 0.2) is 12.7 Å². The molecule has 16 heavy (non-hydrogen) atoms. The van der Waals surface area contributed by atoms with Crippen LogP contribution in [0.25, 0.3) is 0 Å². The van der Waals surface area contributed by atoms with E-state index in [4.69, 9.17) is 0 Å². The van der Waals surface area contributed by atoms with Gasteiger partial charge in [0.05, 0.1) is 0 Å². The van der Waals surface area contributed by atoms with Crippen LogP contribution >= 0.6 is 23.1 Å². The Balaban J connectivity index is 1.87. The average molecular weight is 260 g/mol. The number of nitrogens with zero attached hydrogens (tertiary/aromatic N) is 4. The van der Waals surface area contributed by atoms with Gasteiger partial charge in [0.2, 0.25) is 10.3 Å². The molecule has 2 unspecified atom stereocenters. The summed E-state index contributed by atoms with van der Waals surface area (Å²) in [5.41, 5.74) is 0. The lowest BCUT2D eigenvalue weighted by Crippen LogP contribution is -2.38. The molecule has 0 fully saturated rings. The Hall–Kier alpha value is -1.36. The Morgan fingerprint density at radius 3 is 1.69 bits per heavy atom. The molecular weight excluding hydrogens is 252 g/mol. The van der Waals surface area contributed by atoms with Gasteiger partial charge in [-0.2, -0.15) is 8.75 Å². The van der Waals surface area contributed by atoms with Gasteiger partial charge in [-0.3, -0.25) is 0 Å². The molecule has 0 aliphatic carbocycles. The largest absolute Gasteiger partial charge is 0.369 e. The fraction of sp³-hybridized carbons (Fsp3) is 0.333. The van der Waals surface area contributed by atoms with E-state index in [2.05, 4.69) is 29.3 Å². The number of aliphatic hydroxyl groups is 2. The molecular formula is C6H8N6O2S2. The van der Waals surface area contributed by atoms with E-state index < -0.39 is 12.5 Å². The van der Waals surface area contributed by atoms with Crippen molar-refractivity contribution in [3.8, 4) is 0 Å². The molecule has 0 saturated heterocycles. The fourth-order valence-electron chi connectivity index (χ4n) is 0.884. The summed E-state index contributed by atoms with van der Waals surface area (Å²) in [6.07, 6.45) is 0.280. The van der Waals surface area contributed by atoms with Crippen LogP contribution in [0.4, 0.5) is 10.3 Å². The maximum atomic E-state index is 9.56. The number of hydrogen-bond acceptors (Lipinski definition) is 10. The second-order valence-corrected chi connectivity index (χ2v) is 4.23. The lowest BCUT2D eigenvalue weighted by atomic mass is 10.5. The summed E-state index contributed by atoms with van der Waals surface area (Å²) < 4.78 is 7.49. The minimum atomic E-state index is -1.21. The predicted molar refractivity (Wildman–Crippen MR) is 59.1 cm³/mol. The molecule has 2 aromatic rings. The highest BCUT2D eigenvalue weighted by atomic mass is 32.1. The normalized spacial score (nSPS) is 14.4. The molecule has 0 amide bonds. The van der Waals surface area contributed by atoms with Crippen molar-refractivity contribution in [1.29, 1.82) is 0 Å². The van der Waals surface area contributed by atoms with Crippen molar-refractivity contribution in [3.63, 3.8) is 0 Å². The van der Waals surface area contributed by atoms with E-state index in [1.54, 1.807) is 0 Å². The van der Waals surface area contributed by atoms with Gasteiger partial charge < -0.3 is 20.8 Å². The maximum absolute atomic E-state index is 9.56. The second kappa shape index (κ2) is 5.12. The van der Waals surface area contributed by atoms with Crippen molar-refractivity contribution in [2.75, 3.05) is 10.6 Å². The van der Waals surface area contributed by atoms with Crippen LogP contribution in [0, 0.1) is 0 Å². The summed E-state index contributed by atoms with van der Waals surface area (Å²) in [5.74, 6) is 0. The van der Waals surface area contributed by atoms with Crippen LogP contribution in [0.2, 0.25) is 0 Å². The van der Waals surface area contributed by atoms with Crippen LogP contribution in [0.3, 0.4) is 0 Å². The fourth-order valence-corrected chi connectivity index (χ4v) is 1.81. The Labute approximate surface area is 98.3 Å². The van der Waals surface area contributed by atoms with Crippen LogP contribution in [-0.4, -0.2) is 41.4 Å². The maximum Gasteiger partial charge on any atom is 0.204 e. The molecule has 2 atom stereocenters. The van der Waals surface area contributed by atoms with Crippen LogP contribution in [0.5, 0.6) is 0 Å². The highest BCUT2D eigenvalue weighted by Crippen LogP contribution is 2.12. The van der Waals surface area contributed by atoms with Crippen molar-refractivity contribution in [2.24, 2.45) is 0 Å². The van der Waals surface area contributed by atoms with Gasteiger partial charge in [-0.1, -0.05) is 0 Å². The van der Waals surface area contributed by atoms with E-state index in [1.165, 1.54) is 12.7 Å². The predicted octanol–water partition coefficient (Wildman–Crippen LogP) is -0.450. The third kappa shape index (κ3) is 2.82. The smallest absolute Gasteiger partial charge is 0.204 e. The Morgan fingerprint density at radius 1 is 0.938 bits per heavy atom. The van der Waals surface area contributed by atoms with Crippen LogP contribution in [0.1, 0.15) is 0 Å². The van der Waals surface area contributed by atoms with E-state index in [1.807, 2.05) is 0 Å². The molecule has 0 aliphatic heterocycles. The van der Waals surface area contributed by atoms with Crippen molar-refractivity contribution in [1.82, 2.24) is 18.7 Å². The third-order valence-electron chi connectivity index (χ3n) is 1.56. The number of aromatic nitrogens is 4. The number of nitrogens with one attached hydrogen (secondary N) is 2. The zero-order valence-corrected chi connectivity index (χ0v) is 9.44. The quantitative estimate of drug-likeness (QED) is 0.534. The van der Waals surface area contributed by atoms with Gasteiger partial charge in [-0.15, -0.1) is 0 Å². The zero-order valence-electron chi connectivity index (χ0n) is 7.81. The molecule has 86 valence electrons. The first-order chi connectivity index (χ1) is 7.75. The lowest BCUT2D eigenvalue weighted by molar-refractivity contribution is 0.0556. The molecule has 2 heterocycles. The number of aliphatic hydroxyl groups excluding tert-OH is 2. The summed E-state index contributed by atoms with van der Waals surface area (Å²) >= 11 is 2.16. The topological polar surface area (TPSA) is 116 Å². The minimum absolute atomic E-state index is 0.422. The molecule has 0 spiro atoms. The lowest BCUT2D eigenvalue weighted by Gasteiger charge is -2.18. The first kappa shape index (κ1) is 11.1. The van der Waals surface area contributed by atoms with Crippen LogP contribution < -0.4 is 10.6 Å². The Kier molecular flexibility index (Phi) is 3.56. The van der Waals surface area contributed by atoms with E-state index in [-0.39, 0.29) is 0 Å². The van der Waals surface area contributed by atoms with E-state index in [0.29, 0.717) is 10.3 Å². The molecule has 0 bridgehead atoms.